The van der Waals surface area contributed by atoms with Gasteiger partial charge in [0.05, 0.1) is 5.56 Å². The van der Waals surface area contributed by atoms with Crippen molar-refractivity contribution in [3.63, 3.8) is 0 Å². The maximum Gasteiger partial charge on any atom is 0.254 e. The van der Waals surface area contributed by atoms with Crippen molar-refractivity contribution in [2.24, 2.45) is 5.92 Å². The molecule has 2 rings (SSSR count). The molecule has 1 heterocycles. The van der Waals surface area contributed by atoms with Crippen LogP contribution in [0.1, 0.15) is 23.7 Å². The third-order valence-electron chi connectivity index (χ3n) is 3.25. The topological polar surface area (TPSA) is 20.3 Å². The molecule has 0 bridgehead atoms. The van der Waals surface area contributed by atoms with Crippen molar-refractivity contribution < 1.29 is 4.79 Å². The van der Waals surface area contributed by atoms with Crippen LogP contribution in [0, 0.1) is 9.49 Å². The highest BCUT2D eigenvalue weighted by molar-refractivity contribution is 14.1. The molecule has 1 aromatic carbocycles. The Labute approximate surface area is 134 Å². The van der Waals surface area contributed by atoms with Gasteiger partial charge >= 0.3 is 0 Å². The first-order valence-electron chi connectivity index (χ1n) is 5.87. The van der Waals surface area contributed by atoms with E-state index in [-0.39, 0.29) is 11.3 Å². The largest absolute Gasteiger partial charge is 0.338 e. The molecule has 1 aliphatic rings. The quantitative estimate of drug-likeness (QED) is 0.473. The summed E-state index contributed by atoms with van der Waals surface area (Å²) in [6, 6.07) is 5.79. The summed E-state index contributed by atoms with van der Waals surface area (Å²) in [5, 5.41) is 0.190. The van der Waals surface area contributed by atoms with Gasteiger partial charge in [0.2, 0.25) is 0 Å². The molecule has 0 spiro atoms. The average molecular weight is 443 g/mol. The molecule has 0 N–H and O–H groups in total. The molecule has 2 nitrogen and oxygen atoms in total. The Balaban J connectivity index is 2.19. The van der Waals surface area contributed by atoms with Gasteiger partial charge in [0.15, 0.2) is 0 Å². The van der Waals surface area contributed by atoms with E-state index in [1.54, 1.807) is 0 Å². The van der Waals surface area contributed by atoms with Crippen molar-refractivity contribution in [3.8, 4) is 0 Å². The summed E-state index contributed by atoms with van der Waals surface area (Å²) in [6.07, 6.45) is 0.874. The number of hydrogen-bond acceptors (Lipinski definition) is 1. The Morgan fingerprint density at radius 1 is 1.56 bits per heavy atom. The number of hydrogen-bond donors (Lipinski definition) is 0. The van der Waals surface area contributed by atoms with Crippen LogP contribution in [0.3, 0.4) is 0 Å². The molecule has 2 atom stereocenters. The van der Waals surface area contributed by atoms with Crippen LogP contribution in [0.4, 0.5) is 0 Å². The zero-order valence-corrected chi connectivity index (χ0v) is 14.5. The number of likely N-dealkylation sites (tertiary alicyclic amines) is 1. The van der Waals surface area contributed by atoms with Crippen LogP contribution in [0.5, 0.6) is 0 Å². The molecule has 2 unspecified atom stereocenters. The van der Waals surface area contributed by atoms with E-state index in [0.29, 0.717) is 5.92 Å². The third-order valence-corrected chi connectivity index (χ3v) is 5.33. The number of nitrogens with zero attached hydrogens (tertiary/aromatic N) is 1. The second kappa shape index (κ2) is 6.09. The van der Waals surface area contributed by atoms with Crippen LogP contribution in [0.15, 0.2) is 22.7 Å². The van der Waals surface area contributed by atoms with E-state index in [1.165, 1.54) is 0 Å². The normalized spacial score (nSPS) is 24.1. The van der Waals surface area contributed by atoms with Crippen LogP contribution in [0.25, 0.3) is 0 Å². The lowest BCUT2D eigenvalue weighted by Gasteiger charge is -2.34. The van der Waals surface area contributed by atoms with Gasteiger partial charge in [-0.25, -0.2) is 0 Å². The smallest absolute Gasteiger partial charge is 0.254 e. The van der Waals surface area contributed by atoms with Crippen molar-refractivity contribution in [2.75, 3.05) is 13.1 Å². The van der Waals surface area contributed by atoms with Gasteiger partial charge in [0.25, 0.3) is 5.91 Å². The molecular weight excluding hydrogens is 428 g/mol. The third kappa shape index (κ3) is 3.20. The van der Waals surface area contributed by atoms with Crippen LogP contribution < -0.4 is 0 Å². The van der Waals surface area contributed by atoms with Gasteiger partial charge in [-0.2, -0.15) is 0 Å². The van der Waals surface area contributed by atoms with E-state index in [2.05, 4.69) is 45.4 Å². The monoisotopic (exact) mass is 441 g/mol. The molecule has 5 heteroatoms. The Hall–Kier alpha value is 0.190. The number of rotatable bonds is 1. The lowest BCUT2D eigenvalue weighted by molar-refractivity contribution is 0.0686. The van der Waals surface area contributed by atoms with Gasteiger partial charge in [-0.05, 0) is 53.1 Å². The molecule has 1 aliphatic heterocycles. The SMILES string of the molecule is CC1CN(C(=O)c2cc(Br)ccc2I)CCC1Cl. The summed E-state index contributed by atoms with van der Waals surface area (Å²) in [4.78, 5) is 14.4. The Bertz CT molecular complexity index is 468. The minimum atomic E-state index is 0.108. The van der Waals surface area contributed by atoms with Gasteiger partial charge in [-0.15, -0.1) is 11.6 Å². The predicted octanol–water partition coefficient (Wildman–Crippen LogP) is 4.14. The zero-order valence-electron chi connectivity index (χ0n) is 10.00. The molecular formula is C13H14BrClINO. The van der Waals surface area contributed by atoms with Gasteiger partial charge in [-0.1, -0.05) is 22.9 Å². The molecule has 1 aromatic rings. The van der Waals surface area contributed by atoms with Gasteiger partial charge < -0.3 is 4.90 Å². The van der Waals surface area contributed by atoms with Gasteiger partial charge in [0, 0.05) is 26.5 Å². The Morgan fingerprint density at radius 2 is 2.28 bits per heavy atom. The van der Waals surface area contributed by atoms with Crippen LogP contribution in [-0.2, 0) is 0 Å². The summed E-state index contributed by atoms with van der Waals surface area (Å²) >= 11 is 11.8. The van der Waals surface area contributed by atoms with E-state index >= 15 is 0 Å². The highest BCUT2D eigenvalue weighted by Crippen LogP contribution is 2.25. The van der Waals surface area contributed by atoms with Crippen molar-refractivity contribution in [2.45, 2.75) is 18.7 Å². The Morgan fingerprint density at radius 3 is 2.94 bits per heavy atom. The van der Waals surface area contributed by atoms with Crippen molar-refractivity contribution >= 4 is 56.0 Å². The highest BCUT2D eigenvalue weighted by atomic mass is 127. The number of amides is 1. The van der Waals surface area contributed by atoms with Crippen molar-refractivity contribution in [3.05, 3.63) is 31.8 Å². The zero-order chi connectivity index (χ0) is 13.3. The number of carbonyl (C=O) groups excluding carboxylic acids is 1. The predicted molar refractivity (Wildman–Crippen MR) is 86.2 cm³/mol. The van der Waals surface area contributed by atoms with Crippen LogP contribution in [-0.4, -0.2) is 29.3 Å². The summed E-state index contributed by atoms with van der Waals surface area (Å²) in [6.45, 7) is 3.60. The summed E-state index contributed by atoms with van der Waals surface area (Å²) in [5.41, 5.74) is 0.769. The molecule has 0 aliphatic carbocycles. The van der Waals surface area contributed by atoms with Crippen molar-refractivity contribution in [1.29, 1.82) is 0 Å². The molecule has 1 saturated heterocycles. The molecule has 1 amide bonds. The molecule has 98 valence electrons. The first kappa shape index (κ1) is 14.6. The van der Waals surface area contributed by atoms with E-state index in [4.69, 9.17) is 11.6 Å². The number of halogens is 3. The number of carbonyl (C=O) groups is 1. The summed E-state index contributed by atoms with van der Waals surface area (Å²) < 4.78 is 1.92. The average Bonchev–Trinajstić information content (AvgIpc) is 2.35. The molecule has 0 aromatic heterocycles. The van der Waals surface area contributed by atoms with E-state index in [1.807, 2.05) is 23.1 Å². The number of benzene rings is 1. The summed E-state index contributed by atoms with van der Waals surface area (Å²) in [5.74, 6) is 0.463. The first-order chi connectivity index (χ1) is 8.49. The fourth-order valence-corrected chi connectivity index (χ4v) is 3.24. The summed E-state index contributed by atoms with van der Waals surface area (Å²) in [7, 11) is 0. The second-order valence-electron chi connectivity index (χ2n) is 4.66. The maximum absolute atomic E-state index is 12.5. The minimum Gasteiger partial charge on any atom is -0.338 e. The van der Waals surface area contributed by atoms with Gasteiger partial charge in [0.1, 0.15) is 0 Å². The van der Waals surface area contributed by atoms with E-state index < -0.39 is 0 Å². The van der Waals surface area contributed by atoms with Crippen LogP contribution in [0.2, 0.25) is 0 Å². The molecule has 18 heavy (non-hydrogen) atoms. The standard InChI is InChI=1S/C13H14BrClINO/c1-8-7-17(5-4-11(8)15)13(18)10-6-9(14)2-3-12(10)16/h2-3,6,8,11H,4-5,7H2,1H3. The Kier molecular flexibility index (Phi) is 4.94. The maximum atomic E-state index is 12.5. The highest BCUT2D eigenvalue weighted by Gasteiger charge is 2.28. The lowest BCUT2D eigenvalue weighted by atomic mass is 9.99. The van der Waals surface area contributed by atoms with E-state index in [9.17, 15) is 4.79 Å². The lowest BCUT2D eigenvalue weighted by Crippen LogP contribution is -2.43. The molecule has 0 radical (unpaired) electrons. The van der Waals surface area contributed by atoms with Crippen LogP contribution >= 0.6 is 50.1 Å². The molecule has 1 fully saturated rings. The molecule has 0 saturated carbocycles. The fraction of sp³-hybridized carbons (Fsp3) is 0.462. The van der Waals surface area contributed by atoms with Gasteiger partial charge in [-0.3, -0.25) is 4.79 Å². The van der Waals surface area contributed by atoms with E-state index in [0.717, 1.165) is 33.1 Å². The second-order valence-corrected chi connectivity index (χ2v) is 7.30. The number of alkyl halides is 1. The van der Waals surface area contributed by atoms with Crippen molar-refractivity contribution in [1.82, 2.24) is 4.90 Å². The minimum absolute atomic E-state index is 0.108. The number of piperidine rings is 1. The fourth-order valence-electron chi connectivity index (χ4n) is 2.13. The first-order valence-corrected chi connectivity index (χ1v) is 8.18.